The van der Waals surface area contributed by atoms with Crippen molar-refractivity contribution in [2.45, 2.75) is 27.2 Å². The van der Waals surface area contributed by atoms with Crippen LogP contribution in [0.1, 0.15) is 23.9 Å². The molecule has 0 unspecified atom stereocenters. The summed E-state index contributed by atoms with van der Waals surface area (Å²) in [6, 6.07) is 7.73. The van der Waals surface area contributed by atoms with Crippen molar-refractivity contribution in [2.75, 3.05) is 0 Å². The predicted octanol–water partition coefficient (Wildman–Crippen LogP) is 2.00. The molecule has 1 aromatic carbocycles. The molecule has 7 heteroatoms. The fraction of sp³-hybridized carbons (Fsp3) is 0.235. The summed E-state index contributed by atoms with van der Waals surface area (Å²) in [6.45, 7) is 6.04. The summed E-state index contributed by atoms with van der Waals surface area (Å²) in [5, 5.41) is 12.5. The molecule has 3 heterocycles. The summed E-state index contributed by atoms with van der Waals surface area (Å²) < 4.78 is 3.15. The second-order valence-corrected chi connectivity index (χ2v) is 5.79. The van der Waals surface area contributed by atoms with Gasteiger partial charge >= 0.3 is 0 Å². The third-order valence-electron chi connectivity index (χ3n) is 4.23. The van der Waals surface area contributed by atoms with Gasteiger partial charge in [-0.25, -0.2) is 0 Å². The molecule has 0 atom stereocenters. The van der Waals surface area contributed by atoms with E-state index >= 15 is 0 Å². The van der Waals surface area contributed by atoms with Crippen LogP contribution in [0.15, 0.2) is 35.3 Å². The Hall–Kier alpha value is -3.09. The molecule has 0 amide bonds. The molecule has 4 rings (SSSR count). The van der Waals surface area contributed by atoms with Gasteiger partial charge in [-0.2, -0.15) is 9.50 Å². The molecule has 24 heavy (non-hydrogen) atoms. The van der Waals surface area contributed by atoms with Gasteiger partial charge in [-0.1, -0.05) is 13.0 Å². The van der Waals surface area contributed by atoms with Crippen molar-refractivity contribution in [2.24, 2.45) is 0 Å². The van der Waals surface area contributed by atoms with E-state index < -0.39 is 0 Å². The maximum absolute atomic E-state index is 12.8. The Balaban J connectivity index is 1.99. The smallest absolute Gasteiger partial charge is 0.282 e. The van der Waals surface area contributed by atoms with E-state index in [0.717, 1.165) is 11.3 Å². The van der Waals surface area contributed by atoms with Crippen LogP contribution in [0.2, 0.25) is 0 Å². The van der Waals surface area contributed by atoms with Gasteiger partial charge in [0.25, 0.3) is 11.3 Å². The minimum absolute atomic E-state index is 0.223. The molecule has 7 nitrogen and oxygen atoms in total. The summed E-state index contributed by atoms with van der Waals surface area (Å²) in [5.41, 5.74) is 3.78. The summed E-state index contributed by atoms with van der Waals surface area (Å²) in [5.74, 6) is 1.08. The SMILES string of the molecule is CCc1nc2nnc3c(=O)n(-c4ccc(C)c(C)c4)ccc3n2n1. The first-order chi connectivity index (χ1) is 11.6. The van der Waals surface area contributed by atoms with Crippen LogP contribution in [-0.4, -0.2) is 29.4 Å². The molecule has 0 bridgehead atoms. The Kier molecular flexibility index (Phi) is 3.16. The minimum atomic E-state index is -0.223. The number of aromatic nitrogens is 6. The lowest BCUT2D eigenvalue weighted by Gasteiger charge is -2.09. The molecule has 4 aromatic rings. The highest BCUT2D eigenvalue weighted by Gasteiger charge is 2.13. The van der Waals surface area contributed by atoms with Gasteiger partial charge in [-0.05, 0) is 43.2 Å². The van der Waals surface area contributed by atoms with Crippen LogP contribution in [0.4, 0.5) is 0 Å². The number of aryl methyl sites for hydroxylation is 3. The molecule has 0 fully saturated rings. The van der Waals surface area contributed by atoms with Gasteiger partial charge in [0.2, 0.25) is 0 Å². The molecule has 0 saturated heterocycles. The van der Waals surface area contributed by atoms with E-state index in [-0.39, 0.29) is 11.1 Å². The van der Waals surface area contributed by atoms with Crippen molar-refractivity contribution >= 4 is 16.8 Å². The van der Waals surface area contributed by atoms with Crippen LogP contribution in [0.5, 0.6) is 0 Å². The van der Waals surface area contributed by atoms with Crippen LogP contribution < -0.4 is 5.56 Å². The van der Waals surface area contributed by atoms with Gasteiger partial charge in [0, 0.05) is 18.3 Å². The molecule has 0 spiro atoms. The average molecular weight is 320 g/mol. The van der Waals surface area contributed by atoms with E-state index in [1.54, 1.807) is 15.3 Å². The molecule has 0 aliphatic heterocycles. The number of nitrogens with zero attached hydrogens (tertiary/aromatic N) is 6. The molecule has 0 radical (unpaired) electrons. The maximum atomic E-state index is 12.8. The Morgan fingerprint density at radius 2 is 1.92 bits per heavy atom. The number of rotatable bonds is 2. The lowest BCUT2D eigenvalue weighted by atomic mass is 10.1. The molecule has 0 aliphatic rings. The summed E-state index contributed by atoms with van der Waals surface area (Å²) >= 11 is 0. The molecule has 0 aliphatic carbocycles. The van der Waals surface area contributed by atoms with Gasteiger partial charge in [0.15, 0.2) is 11.3 Å². The van der Waals surface area contributed by atoms with Gasteiger partial charge in [-0.3, -0.25) is 9.36 Å². The predicted molar refractivity (Wildman–Crippen MR) is 90.5 cm³/mol. The molecular formula is C17H16N6O. The number of fused-ring (bicyclic) bond motifs is 3. The van der Waals surface area contributed by atoms with E-state index in [1.165, 1.54) is 5.56 Å². The lowest BCUT2D eigenvalue weighted by Crippen LogP contribution is -2.20. The largest absolute Gasteiger partial charge is 0.285 e. The fourth-order valence-electron chi connectivity index (χ4n) is 2.68. The third-order valence-corrected chi connectivity index (χ3v) is 4.23. The zero-order valence-electron chi connectivity index (χ0n) is 13.7. The highest BCUT2D eigenvalue weighted by atomic mass is 16.1. The van der Waals surface area contributed by atoms with Crippen molar-refractivity contribution in [3.63, 3.8) is 0 Å². The Morgan fingerprint density at radius 1 is 1.08 bits per heavy atom. The molecule has 120 valence electrons. The monoisotopic (exact) mass is 320 g/mol. The van der Waals surface area contributed by atoms with Crippen LogP contribution >= 0.6 is 0 Å². The quantitative estimate of drug-likeness (QED) is 0.564. The Labute approximate surface area is 137 Å². The first-order valence-corrected chi connectivity index (χ1v) is 7.80. The van der Waals surface area contributed by atoms with Crippen LogP contribution in [-0.2, 0) is 6.42 Å². The van der Waals surface area contributed by atoms with Gasteiger partial charge in [0.05, 0.1) is 0 Å². The average Bonchev–Trinajstić information content (AvgIpc) is 3.01. The molecule has 0 N–H and O–H groups in total. The van der Waals surface area contributed by atoms with Gasteiger partial charge in [0.1, 0.15) is 5.52 Å². The van der Waals surface area contributed by atoms with Crippen LogP contribution in [0.3, 0.4) is 0 Å². The highest BCUT2D eigenvalue weighted by molar-refractivity contribution is 5.74. The molecule has 0 saturated carbocycles. The maximum Gasteiger partial charge on any atom is 0.285 e. The van der Waals surface area contributed by atoms with Crippen LogP contribution in [0, 0.1) is 13.8 Å². The number of hydrogen-bond acceptors (Lipinski definition) is 5. The van der Waals surface area contributed by atoms with Crippen LogP contribution in [0.25, 0.3) is 22.5 Å². The van der Waals surface area contributed by atoms with Crippen molar-refractivity contribution < 1.29 is 0 Å². The topological polar surface area (TPSA) is 78.0 Å². The normalized spacial score (nSPS) is 11.5. The third kappa shape index (κ3) is 2.09. The van der Waals surface area contributed by atoms with Crippen molar-refractivity contribution in [1.82, 2.24) is 29.4 Å². The zero-order chi connectivity index (χ0) is 16.8. The van der Waals surface area contributed by atoms with E-state index in [9.17, 15) is 4.79 Å². The summed E-state index contributed by atoms with van der Waals surface area (Å²) in [7, 11) is 0. The number of pyridine rings is 1. The van der Waals surface area contributed by atoms with Gasteiger partial charge < -0.3 is 0 Å². The van der Waals surface area contributed by atoms with E-state index in [1.807, 2.05) is 45.0 Å². The fourth-order valence-corrected chi connectivity index (χ4v) is 2.68. The van der Waals surface area contributed by atoms with Gasteiger partial charge in [-0.15, -0.1) is 15.3 Å². The standard InChI is InChI=1S/C17H16N6O/c1-4-14-18-17-20-19-15-13(23(17)21-14)7-8-22(16(15)24)12-6-5-10(2)11(3)9-12/h5-9H,4H2,1-3H3. The molecular weight excluding hydrogens is 304 g/mol. The lowest BCUT2D eigenvalue weighted by molar-refractivity contribution is 0.883. The first-order valence-electron chi connectivity index (χ1n) is 7.80. The van der Waals surface area contributed by atoms with E-state index in [2.05, 4.69) is 20.3 Å². The molecule has 3 aromatic heterocycles. The van der Waals surface area contributed by atoms with Crippen molar-refractivity contribution in [3.8, 4) is 5.69 Å². The second-order valence-electron chi connectivity index (χ2n) is 5.79. The number of hydrogen-bond donors (Lipinski definition) is 0. The van der Waals surface area contributed by atoms with E-state index in [4.69, 9.17) is 0 Å². The zero-order valence-corrected chi connectivity index (χ0v) is 13.7. The van der Waals surface area contributed by atoms with Crippen molar-refractivity contribution in [1.29, 1.82) is 0 Å². The number of benzene rings is 1. The first kappa shape index (κ1) is 14.5. The Morgan fingerprint density at radius 3 is 2.67 bits per heavy atom. The minimum Gasteiger partial charge on any atom is -0.282 e. The highest BCUT2D eigenvalue weighted by Crippen LogP contribution is 2.14. The van der Waals surface area contributed by atoms with Crippen molar-refractivity contribution in [3.05, 3.63) is 57.8 Å². The summed E-state index contributed by atoms with van der Waals surface area (Å²) in [6.07, 6.45) is 2.44. The summed E-state index contributed by atoms with van der Waals surface area (Å²) in [4.78, 5) is 17.1. The van der Waals surface area contributed by atoms with E-state index in [0.29, 0.717) is 23.5 Å². The second kappa shape index (κ2) is 5.23. The Bertz CT molecular complexity index is 1140.